The van der Waals surface area contributed by atoms with E-state index in [1.54, 1.807) is 0 Å². The first kappa shape index (κ1) is 17.0. The summed E-state index contributed by atoms with van der Waals surface area (Å²) >= 11 is 0. The molecule has 0 saturated heterocycles. The van der Waals surface area contributed by atoms with Gasteiger partial charge in [0.1, 0.15) is 18.0 Å². The van der Waals surface area contributed by atoms with Gasteiger partial charge in [-0.3, -0.25) is 0 Å². The number of hydrogen-bond donors (Lipinski definition) is 2. The van der Waals surface area contributed by atoms with Crippen molar-refractivity contribution in [2.75, 3.05) is 17.6 Å². The number of nitrogen functional groups attached to an aromatic ring is 1. The van der Waals surface area contributed by atoms with E-state index in [0.717, 1.165) is 45.6 Å². The topological polar surface area (TPSA) is 76.7 Å². The molecule has 0 aliphatic rings. The summed E-state index contributed by atoms with van der Waals surface area (Å²) < 4.78 is 0. The molecule has 2 aromatic carbocycles. The lowest BCUT2D eigenvalue weighted by Crippen LogP contribution is -2.08. The number of nitrogens with one attached hydrogen (secondary N) is 1. The Hall–Kier alpha value is -3.47. The molecule has 0 fully saturated rings. The predicted molar refractivity (Wildman–Crippen MR) is 111 cm³/mol. The molecule has 0 aliphatic heterocycles. The number of anilines is 2. The third-order valence-corrected chi connectivity index (χ3v) is 4.53. The van der Waals surface area contributed by atoms with Gasteiger partial charge in [0.2, 0.25) is 0 Å². The molecule has 27 heavy (non-hydrogen) atoms. The maximum absolute atomic E-state index is 6.11. The van der Waals surface area contributed by atoms with Crippen molar-refractivity contribution >= 4 is 22.5 Å². The number of aromatic nitrogens is 3. The Labute approximate surface area is 158 Å². The second-order valence-corrected chi connectivity index (χ2v) is 6.38. The zero-order chi connectivity index (χ0) is 18.6. The van der Waals surface area contributed by atoms with Gasteiger partial charge in [-0.2, -0.15) is 0 Å². The summed E-state index contributed by atoms with van der Waals surface area (Å²) in [7, 11) is 0. The highest BCUT2D eigenvalue weighted by atomic mass is 15.0. The number of benzene rings is 2. The highest BCUT2D eigenvalue weighted by Crippen LogP contribution is 2.25. The summed E-state index contributed by atoms with van der Waals surface area (Å²) in [6.45, 7) is 2.82. The molecule has 5 heteroatoms. The van der Waals surface area contributed by atoms with E-state index < -0.39 is 0 Å². The van der Waals surface area contributed by atoms with Gasteiger partial charge in [-0.1, -0.05) is 48.5 Å². The summed E-state index contributed by atoms with van der Waals surface area (Å²) in [5, 5.41) is 4.37. The van der Waals surface area contributed by atoms with Crippen LogP contribution in [0.2, 0.25) is 0 Å². The quantitative estimate of drug-likeness (QED) is 0.558. The van der Waals surface area contributed by atoms with Crippen LogP contribution in [0.4, 0.5) is 11.6 Å². The summed E-state index contributed by atoms with van der Waals surface area (Å²) in [5.41, 5.74) is 11.2. The maximum Gasteiger partial charge on any atom is 0.135 e. The molecule has 4 aromatic rings. The van der Waals surface area contributed by atoms with Gasteiger partial charge in [0, 0.05) is 29.5 Å². The van der Waals surface area contributed by atoms with Gasteiger partial charge in [0.05, 0.1) is 11.2 Å². The van der Waals surface area contributed by atoms with Crippen molar-refractivity contribution in [1.29, 1.82) is 0 Å². The number of nitrogens with zero attached hydrogens (tertiary/aromatic N) is 3. The fraction of sp³-hybridized carbons (Fsp3) is 0.136. The van der Waals surface area contributed by atoms with Crippen molar-refractivity contribution in [1.82, 2.24) is 15.0 Å². The molecule has 0 atom stereocenters. The SMILES string of the molecule is CCNc1ncnc(N)c1Cc1ccc2ccc(-c3ccccc3)nc2c1. The molecule has 0 radical (unpaired) electrons. The Morgan fingerprint density at radius 2 is 1.78 bits per heavy atom. The summed E-state index contributed by atoms with van der Waals surface area (Å²) in [4.78, 5) is 13.3. The molecule has 0 aliphatic carbocycles. The third kappa shape index (κ3) is 3.58. The smallest absolute Gasteiger partial charge is 0.135 e. The number of pyridine rings is 1. The first-order chi connectivity index (χ1) is 13.2. The minimum absolute atomic E-state index is 0.507. The molecule has 0 bridgehead atoms. The Morgan fingerprint density at radius 3 is 2.59 bits per heavy atom. The van der Waals surface area contributed by atoms with Crippen LogP contribution in [0.3, 0.4) is 0 Å². The van der Waals surface area contributed by atoms with Crippen molar-refractivity contribution in [3.05, 3.63) is 78.1 Å². The molecule has 0 saturated carbocycles. The van der Waals surface area contributed by atoms with Crippen molar-refractivity contribution in [3.63, 3.8) is 0 Å². The van der Waals surface area contributed by atoms with Crippen molar-refractivity contribution in [2.45, 2.75) is 13.3 Å². The first-order valence-corrected chi connectivity index (χ1v) is 9.03. The molecular weight excluding hydrogens is 334 g/mol. The summed E-state index contributed by atoms with van der Waals surface area (Å²) in [5.74, 6) is 1.29. The van der Waals surface area contributed by atoms with Crippen LogP contribution in [0.15, 0.2) is 67.0 Å². The first-order valence-electron chi connectivity index (χ1n) is 9.03. The fourth-order valence-electron chi connectivity index (χ4n) is 3.17. The zero-order valence-corrected chi connectivity index (χ0v) is 15.2. The molecule has 4 rings (SSSR count). The molecule has 134 valence electrons. The molecular formula is C22H21N5. The minimum Gasteiger partial charge on any atom is -0.383 e. The average molecular weight is 355 g/mol. The Balaban J connectivity index is 1.71. The van der Waals surface area contributed by atoms with E-state index in [1.165, 1.54) is 6.33 Å². The normalized spacial score (nSPS) is 10.9. The van der Waals surface area contributed by atoms with E-state index in [0.29, 0.717) is 12.2 Å². The average Bonchev–Trinajstić information content (AvgIpc) is 2.71. The Morgan fingerprint density at radius 1 is 0.963 bits per heavy atom. The van der Waals surface area contributed by atoms with Crippen molar-refractivity contribution in [2.24, 2.45) is 0 Å². The van der Waals surface area contributed by atoms with Gasteiger partial charge < -0.3 is 11.1 Å². The van der Waals surface area contributed by atoms with E-state index >= 15 is 0 Å². The van der Waals surface area contributed by atoms with Gasteiger partial charge in [-0.25, -0.2) is 15.0 Å². The van der Waals surface area contributed by atoms with Crippen molar-refractivity contribution in [3.8, 4) is 11.3 Å². The highest BCUT2D eigenvalue weighted by Gasteiger charge is 2.10. The lowest BCUT2D eigenvalue weighted by Gasteiger charge is -2.12. The van der Waals surface area contributed by atoms with Crippen LogP contribution in [0, 0.1) is 0 Å². The van der Waals surface area contributed by atoms with Gasteiger partial charge in [0.15, 0.2) is 0 Å². The zero-order valence-electron chi connectivity index (χ0n) is 15.2. The van der Waals surface area contributed by atoms with Gasteiger partial charge in [0.25, 0.3) is 0 Å². The molecule has 3 N–H and O–H groups in total. The molecule has 0 amide bonds. The summed E-state index contributed by atoms with van der Waals surface area (Å²) in [6.07, 6.45) is 2.15. The number of fused-ring (bicyclic) bond motifs is 1. The molecule has 2 aromatic heterocycles. The number of rotatable bonds is 5. The van der Waals surface area contributed by atoms with Gasteiger partial charge >= 0.3 is 0 Å². The third-order valence-electron chi connectivity index (χ3n) is 4.53. The lowest BCUT2D eigenvalue weighted by atomic mass is 10.0. The van der Waals surface area contributed by atoms with Gasteiger partial charge in [-0.15, -0.1) is 0 Å². The van der Waals surface area contributed by atoms with E-state index in [4.69, 9.17) is 10.7 Å². The molecule has 5 nitrogen and oxygen atoms in total. The predicted octanol–water partition coefficient (Wildman–Crippen LogP) is 4.30. The van der Waals surface area contributed by atoms with Crippen LogP contribution in [0.5, 0.6) is 0 Å². The molecule has 2 heterocycles. The second-order valence-electron chi connectivity index (χ2n) is 6.38. The standard InChI is InChI=1S/C22H21N5/c1-2-24-22-18(21(23)25-14-26-22)12-15-8-9-17-10-11-19(27-20(17)13-15)16-6-4-3-5-7-16/h3-11,13-14H,2,12H2,1H3,(H3,23,24,25,26). The second kappa shape index (κ2) is 7.41. The minimum atomic E-state index is 0.507. The number of nitrogens with two attached hydrogens (primary N) is 1. The van der Waals surface area contributed by atoms with Crippen LogP contribution < -0.4 is 11.1 Å². The lowest BCUT2D eigenvalue weighted by molar-refractivity contribution is 1.05. The fourth-order valence-corrected chi connectivity index (χ4v) is 3.17. The van der Waals surface area contributed by atoms with Crippen LogP contribution in [0.1, 0.15) is 18.1 Å². The molecule has 0 unspecified atom stereocenters. The largest absolute Gasteiger partial charge is 0.383 e. The van der Waals surface area contributed by atoms with E-state index in [9.17, 15) is 0 Å². The van der Waals surface area contributed by atoms with E-state index in [-0.39, 0.29) is 0 Å². The summed E-state index contributed by atoms with van der Waals surface area (Å²) in [6, 6.07) is 20.7. The number of hydrogen-bond acceptors (Lipinski definition) is 5. The highest BCUT2D eigenvalue weighted by molar-refractivity contribution is 5.82. The van der Waals surface area contributed by atoms with Crippen LogP contribution in [0.25, 0.3) is 22.2 Å². The van der Waals surface area contributed by atoms with E-state index in [1.807, 2.05) is 25.1 Å². The maximum atomic E-state index is 6.11. The van der Waals surface area contributed by atoms with Crippen molar-refractivity contribution < 1.29 is 0 Å². The van der Waals surface area contributed by atoms with Crippen LogP contribution in [-0.4, -0.2) is 21.5 Å². The molecule has 0 spiro atoms. The Bertz CT molecular complexity index is 1080. The Kier molecular flexibility index (Phi) is 4.66. The van der Waals surface area contributed by atoms with Gasteiger partial charge in [-0.05, 0) is 24.6 Å². The van der Waals surface area contributed by atoms with E-state index in [2.05, 4.69) is 57.7 Å². The van der Waals surface area contributed by atoms with Crippen LogP contribution in [-0.2, 0) is 6.42 Å². The van der Waals surface area contributed by atoms with Crippen LogP contribution >= 0.6 is 0 Å². The monoisotopic (exact) mass is 355 g/mol.